The van der Waals surface area contributed by atoms with Gasteiger partial charge < -0.3 is 20.4 Å². The summed E-state index contributed by atoms with van der Waals surface area (Å²) in [4.78, 5) is 41.0. The zero-order valence-electron chi connectivity index (χ0n) is 12.3. The lowest BCUT2D eigenvalue weighted by Crippen LogP contribution is -2.29. The Bertz CT molecular complexity index is 390. The van der Waals surface area contributed by atoms with Crippen molar-refractivity contribution in [3.8, 4) is 0 Å². The molecule has 0 amide bonds. The van der Waals surface area contributed by atoms with Gasteiger partial charge >= 0.3 is 23.9 Å². The number of hydrogen-bond acceptors (Lipinski definition) is 4. The lowest BCUT2D eigenvalue weighted by molar-refractivity contribution is -0.154. The first-order valence-corrected chi connectivity index (χ1v) is 6.39. The van der Waals surface area contributed by atoms with Gasteiger partial charge in [0.05, 0.1) is 24.2 Å². The summed E-state index contributed by atoms with van der Waals surface area (Å²) in [5.74, 6) is -4.96. The predicted molar refractivity (Wildman–Crippen MR) is 72.0 cm³/mol. The summed E-state index contributed by atoms with van der Waals surface area (Å²) in [5, 5.41) is 33.5. The van der Waals surface area contributed by atoms with E-state index in [9.17, 15) is 19.2 Å². The molecule has 0 aromatic rings. The van der Waals surface area contributed by atoms with Gasteiger partial charge in [-0.25, -0.2) is 0 Å². The highest BCUT2D eigenvalue weighted by Gasteiger charge is 2.33. The van der Waals surface area contributed by atoms with Crippen molar-refractivity contribution in [3.05, 3.63) is 0 Å². The Morgan fingerprint density at radius 1 is 0.952 bits per heavy atom. The molecule has 0 fully saturated rings. The number of aliphatic carboxylic acids is 4. The molecule has 0 radical (unpaired) electrons. The molecule has 0 saturated heterocycles. The highest BCUT2D eigenvalue weighted by atomic mass is 16.4. The standard InChI is InChI=1S/C7H12O4.C6H10O4/c1-3-7(2,6(10)11)4-5(8)9;1-2-4(6(9)10)3-5(7)8/h3-4H2,1-2H3,(H,8,9)(H,10,11);4H,2-3H2,1H3,(H,7,8)(H,9,10). The van der Waals surface area contributed by atoms with Crippen LogP contribution in [0.1, 0.15) is 46.5 Å². The minimum absolute atomic E-state index is 0.286. The molecule has 0 saturated carbocycles. The number of carboxylic acid groups (broad SMARTS) is 4. The third kappa shape index (κ3) is 9.42. The molecular formula is C13H22O8. The van der Waals surface area contributed by atoms with Crippen LogP contribution in [0.25, 0.3) is 0 Å². The average molecular weight is 306 g/mol. The van der Waals surface area contributed by atoms with E-state index >= 15 is 0 Å². The molecule has 0 heterocycles. The lowest BCUT2D eigenvalue weighted by atomic mass is 9.84. The molecule has 4 N–H and O–H groups in total. The van der Waals surface area contributed by atoms with Crippen LogP contribution in [0.3, 0.4) is 0 Å². The molecule has 0 aliphatic rings. The van der Waals surface area contributed by atoms with Gasteiger partial charge in [-0.3, -0.25) is 19.2 Å². The van der Waals surface area contributed by atoms with Crippen LogP contribution in [0.2, 0.25) is 0 Å². The van der Waals surface area contributed by atoms with Crippen molar-refractivity contribution in [1.29, 1.82) is 0 Å². The smallest absolute Gasteiger partial charge is 0.309 e. The number of carboxylic acids is 4. The van der Waals surface area contributed by atoms with Gasteiger partial charge in [-0.05, 0) is 19.8 Å². The Hall–Kier alpha value is -2.12. The van der Waals surface area contributed by atoms with E-state index in [0.29, 0.717) is 12.8 Å². The van der Waals surface area contributed by atoms with Crippen molar-refractivity contribution in [2.24, 2.45) is 11.3 Å². The van der Waals surface area contributed by atoms with Crippen molar-refractivity contribution in [2.45, 2.75) is 46.5 Å². The summed E-state index contributed by atoms with van der Waals surface area (Å²) < 4.78 is 0. The zero-order chi connectivity index (χ0) is 17.2. The normalized spacial score (nSPS) is 14.0. The van der Waals surface area contributed by atoms with Crippen LogP contribution in [-0.4, -0.2) is 44.3 Å². The van der Waals surface area contributed by atoms with Crippen molar-refractivity contribution < 1.29 is 39.6 Å². The van der Waals surface area contributed by atoms with Crippen LogP contribution in [0.15, 0.2) is 0 Å². The Labute approximate surface area is 122 Å². The zero-order valence-corrected chi connectivity index (χ0v) is 12.3. The van der Waals surface area contributed by atoms with Crippen LogP contribution in [0.4, 0.5) is 0 Å². The summed E-state index contributed by atoms with van der Waals surface area (Å²) in [7, 11) is 0. The molecule has 0 aromatic carbocycles. The number of hydrogen-bond donors (Lipinski definition) is 4. The molecule has 0 bridgehead atoms. The highest BCUT2D eigenvalue weighted by Crippen LogP contribution is 2.25. The molecule has 8 nitrogen and oxygen atoms in total. The molecule has 2 unspecified atom stereocenters. The summed E-state index contributed by atoms with van der Waals surface area (Å²) in [6, 6.07) is 0. The fourth-order valence-corrected chi connectivity index (χ4v) is 1.30. The monoisotopic (exact) mass is 306 g/mol. The minimum atomic E-state index is -1.12. The first-order chi connectivity index (χ1) is 9.50. The van der Waals surface area contributed by atoms with Gasteiger partial charge in [-0.1, -0.05) is 13.8 Å². The SMILES string of the molecule is CCC(C)(CC(=O)O)C(=O)O.CCC(CC(=O)O)C(=O)O. The van der Waals surface area contributed by atoms with E-state index in [0.717, 1.165) is 0 Å². The molecular weight excluding hydrogens is 284 g/mol. The quantitative estimate of drug-likeness (QED) is 0.527. The van der Waals surface area contributed by atoms with Crippen LogP contribution in [-0.2, 0) is 19.2 Å². The maximum atomic E-state index is 10.5. The van der Waals surface area contributed by atoms with Crippen LogP contribution < -0.4 is 0 Å². The van der Waals surface area contributed by atoms with E-state index < -0.39 is 35.2 Å². The molecule has 0 aliphatic carbocycles. The Kier molecular flexibility index (Phi) is 9.82. The van der Waals surface area contributed by atoms with Gasteiger partial charge in [-0.15, -0.1) is 0 Å². The third-order valence-electron chi connectivity index (χ3n) is 3.10. The molecule has 0 aromatic heterocycles. The predicted octanol–water partition coefficient (Wildman–Crippen LogP) is 1.53. The molecule has 2 atom stereocenters. The van der Waals surface area contributed by atoms with Crippen LogP contribution in [0.5, 0.6) is 0 Å². The number of rotatable bonds is 8. The molecule has 0 aliphatic heterocycles. The molecule has 122 valence electrons. The third-order valence-corrected chi connectivity index (χ3v) is 3.10. The van der Waals surface area contributed by atoms with Crippen molar-refractivity contribution in [2.75, 3.05) is 0 Å². The number of carbonyl (C=O) groups is 4. The highest BCUT2D eigenvalue weighted by molar-refractivity contribution is 5.81. The van der Waals surface area contributed by atoms with Crippen LogP contribution in [0, 0.1) is 11.3 Å². The first kappa shape index (κ1) is 21.2. The second kappa shape index (κ2) is 9.73. The van der Waals surface area contributed by atoms with Gasteiger partial charge in [0.1, 0.15) is 0 Å². The second-order valence-electron chi connectivity index (χ2n) is 4.83. The first-order valence-electron chi connectivity index (χ1n) is 6.39. The maximum absolute atomic E-state index is 10.5. The molecule has 8 heteroatoms. The van der Waals surface area contributed by atoms with E-state index in [-0.39, 0.29) is 12.8 Å². The second-order valence-corrected chi connectivity index (χ2v) is 4.83. The average Bonchev–Trinajstić information content (AvgIpc) is 2.34. The Morgan fingerprint density at radius 2 is 1.43 bits per heavy atom. The van der Waals surface area contributed by atoms with E-state index in [2.05, 4.69) is 0 Å². The fourth-order valence-electron chi connectivity index (χ4n) is 1.30. The van der Waals surface area contributed by atoms with Crippen LogP contribution >= 0.6 is 0 Å². The lowest BCUT2D eigenvalue weighted by Gasteiger charge is -2.19. The van der Waals surface area contributed by atoms with Gasteiger partial charge in [0.15, 0.2) is 0 Å². The van der Waals surface area contributed by atoms with Crippen molar-refractivity contribution in [1.82, 2.24) is 0 Å². The van der Waals surface area contributed by atoms with Gasteiger partial charge in [0.25, 0.3) is 0 Å². The summed E-state index contributed by atoms with van der Waals surface area (Å²) in [6.07, 6.45) is 0.0843. The molecule has 0 rings (SSSR count). The fraction of sp³-hybridized carbons (Fsp3) is 0.692. The topological polar surface area (TPSA) is 149 Å². The minimum Gasteiger partial charge on any atom is -0.481 e. The van der Waals surface area contributed by atoms with E-state index in [1.807, 2.05) is 0 Å². The Morgan fingerprint density at radius 3 is 1.52 bits per heavy atom. The maximum Gasteiger partial charge on any atom is 0.309 e. The molecule has 21 heavy (non-hydrogen) atoms. The van der Waals surface area contributed by atoms with Crippen molar-refractivity contribution >= 4 is 23.9 Å². The summed E-state index contributed by atoms with van der Waals surface area (Å²) in [5.41, 5.74) is -1.12. The van der Waals surface area contributed by atoms with Gasteiger partial charge in [0.2, 0.25) is 0 Å². The Balaban J connectivity index is 0. The van der Waals surface area contributed by atoms with Crippen molar-refractivity contribution in [3.63, 3.8) is 0 Å². The summed E-state index contributed by atoms with van der Waals surface area (Å²) in [6.45, 7) is 4.75. The summed E-state index contributed by atoms with van der Waals surface area (Å²) >= 11 is 0. The largest absolute Gasteiger partial charge is 0.481 e. The molecule has 0 spiro atoms. The van der Waals surface area contributed by atoms with E-state index in [4.69, 9.17) is 20.4 Å². The van der Waals surface area contributed by atoms with E-state index in [1.54, 1.807) is 13.8 Å². The van der Waals surface area contributed by atoms with E-state index in [1.165, 1.54) is 6.92 Å². The van der Waals surface area contributed by atoms with Gasteiger partial charge in [0, 0.05) is 0 Å². The van der Waals surface area contributed by atoms with Gasteiger partial charge in [-0.2, -0.15) is 0 Å².